The van der Waals surface area contributed by atoms with Crippen molar-refractivity contribution in [2.24, 2.45) is 0 Å². The van der Waals surface area contributed by atoms with Crippen LogP contribution in [0.4, 0.5) is 11.6 Å². The second-order valence-electron chi connectivity index (χ2n) is 10.3. The summed E-state index contributed by atoms with van der Waals surface area (Å²) in [6.07, 6.45) is 3.79. The molecule has 5 heterocycles. The Labute approximate surface area is 221 Å². The Morgan fingerprint density at radius 2 is 1.95 bits per heavy atom. The molecule has 2 N–H and O–H groups in total. The number of aromatic nitrogens is 3. The van der Waals surface area contributed by atoms with Gasteiger partial charge in [0.1, 0.15) is 23.3 Å². The van der Waals surface area contributed by atoms with Gasteiger partial charge in [-0.15, -0.1) is 0 Å². The minimum atomic E-state index is -3.26. The molecule has 12 heteroatoms. The average Bonchev–Trinajstić information content (AvgIpc) is 2.82. The van der Waals surface area contributed by atoms with E-state index in [1.54, 1.807) is 30.6 Å². The van der Waals surface area contributed by atoms with E-state index in [-0.39, 0.29) is 25.1 Å². The maximum Gasteiger partial charge on any atom is 0.340 e. The number of nitrogens with one attached hydrogen (secondary N) is 1. The fourth-order valence-corrected chi connectivity index (χ4v) is 5.45. The normalized spacial score (nSPS) is 20.4. The molecule has 0 aliphatic carbocycles. The van der Waals surface area contributed by atoms with Crippen LogP contribution in [0.1, 0.15) is 67.8 Å². The van der Waals surface area contributed by atoms with Crippen molar-refractivity contribution < 1.29 is 27.8 Å². The van der Waals surface area contributed by atoms with E-state index in [4.69, 9.17) is 14.5 Å². The number of aliphatic hydroxyl groups excluding tert-OH is 1. The van der Waals surface area contributed by atoms with E-state index in [9.17, 15) is 18.3 Å². The molecule has 3 aromatic rings. The number of carbonyl (C=O) groups is 1. The van der Waals surface area contributed by atoms with Crippen LogP contribution in [0, 0.1) is 0 Å². The largest absolute Gasteiger partial charge is 0.471 e. The van der Waals surface area contributed by atoms with Crippen LogP contribution in [0.3, 0.4) is 0 Å². The van der Waals surface area contributed by atoms with Crippen molar-refractivity contribution in [2.45, 2.75) is 57.8 Å². The topological polar surface area (TPSA) is 144 Å². The van der Waals surface area contributed by atoms with Gasteiger partial charge in [0.2, 0.25) is 15.9 Å². The summed E-state index contributed by atoms with van der Waals surface area (Å²) in [6.45, 7) is 8.08. The van der Waals surface area contributed by atoms with Gasteiger partial charge in [-0.3, -0.25) is 0 Å². The van der Waals surface area contributed by atoms with Crippen LogP contribution in [-0.4, -0.2) is 69.8 Å². The summed E-state index contributed by atoms with van der Waals surface area (Å²) in [5, 5.41) is 15.2. The van der Waals surface area contributed by atoms with Crippen molar-refractivity contribution in [3.8, 4) is 5.88 Å². The van der Waals surface area contributed by atoms with Crippen molar-refractivity contribution >= 4 is 38.4 Å². The Balaban J connectivity index is 1.46. The predicted molar refractivity (Wildman–Crippen MR) is 141 cm³/mol. The van der Waals surface area contributed by atoms with Gasteiger partial charge in [0.05, 0.1) is 42.1 Å². The maximum atomic E-state index is 12.4. The fourth-order valence-electron chi connectivity index (χ4n) is 4.57. The lowest BCUT2D eigenvalue weighted by Crippen LogP contribution is -2.55. The monoisotopic (exact) mass is 541 g/mol. The lowest BCUT2D eigenvalue weighted by atomic mass is 9.84. The fraction of sp³-hybridized carbons (Fsp3) is 0.462. The minimum Gasteiger partial charge on any atom is -0.471 e. The molecule has 1 fully saturated rings. The number of carbonyl (C=O) groups excluding carboxylic acids is 1. The molecule has 0 amide bonds. The molecule has 2 aliphatic heterocycles. The van der Waals surface area contributed by atoms with Gasteiger partial charge in [-0.2, -0.15) is 4.31 Å². The number of pyridine rings is 3. The Morgan fingerprint density at radius 3 is 2.63 bits per heavy atom. The highest BCUT2D eigenvalue weighted by Gasteiger charge is 2.40. The first kappa shape index (κ1) is 26.3. The molecule has 0 radical (unpaired) electrons. The van der Waals surface area contributed by atoms with Crippen LogP contribution in [-0.2, 0) is 14.8 Å². The standard InChI is InChI=1S/C26H31N5O6S/c1-6-20(32)18-10-28-24(36-15-12-31(13-15)38(5,34)35)19-11-27-22(9-17(18)19)29-21-8-7-16-23(30-21)14(2)26(3,4)37-25(16)33/h7-11,14-15,20,32H,6,12-13H2,1-5H3,(H,27,29,30)/t14-,20-/m1/s1. The number of aliphatic hydroxyl groups is 1. The molecule has 0 bridgehead atoms. The van der Waals surface area contributed by atoms with Crippen LogP contribution in [0.25, 0.3) is 10.8 Å². The van der Waals surface area contributed by atoms with Gasteiger partial charge in [-0.25, -0.2) is 28.2 Å². The third-order valence-corrected chi connectivity index (χ3v) is 8.52. The van der Waals surface area contributed by atoms with Crippen LogP contribution in [0.15, 0.2) is 30.6 Å². The van der Waals surface area contributed by atoms with E-state index in [1.807, 2.05) is 27.7 Å². The van der Waals surface area contributed by atoms with Crippen LogP contribution >= 0.6 is 0 Å². The third kappa shape index (κ3) is 4.79. The Hall–Kier alpha value is -3.35. The molecule has 202 valence electrons. The molecular weight excluding hydrogens is 510 g/mol. The zero-order valence-corrected chi connectivity index (χ0v) is 22.7. The molecule has 5 rings (SSSR count). The number of ether oxygens (including phenoxy) is 2. The number of hydrogen-bond acceptors (Lipinski definition) is 10. The van der Waals surface area contributed by atoms with E-state index < -0.39 is 27.7 Å². The highest BCUT2D eigenvalue weighted by atomic mass is 32.2. The number of hydrogen-bond donors (Lipinski definition) is 2. The quantitative estimate of drug-likeness (QED) is 0.428. The number of nitrogens with zero attached hydrogens (tertiary/aromatic N) is 4. The number of sulfonamides is 1. The number of anilines is 2. The lowest BCUT2D eigenvalue weighted by Gasteiger charge is -2.36. The van der Waals surface area contributed by atoms with Crippen LogP contribution in [0.5, 0.6) is 5.88 Å². The average molecular weight is 542 g/mol. The van der Waals surface area contributed by atoms with Crippen LogP contribution < -0.4 is 10.1 Å². The lowest BCUT2D eigenvalue weighted by molar-refractivity contribution is -0.0189. The maximum absolute atomic E-state index is 12.4. The van der Waals surface area contributed by atoms with Crippen molar-refractivity contribution in [3.05, 3.63) is 47.4 Å². The second kappa shape index (κ2) is 9.44. The Bertz CT molecular complexity index is 1520. The summed E-state index contributed by atoms with van der Waals surface area (Å²) in [6, 6.07) is 5.19. The molecule has 1 saturated heterocycles. The molecule has 3 aromatic heterocycles. The van der Waals surface area contributed by atoms with Crippen molar-refractivity contribution in [2.75, 3.05) is 24.7 Å². The summed E-state index contributed by atoms with van der Waals surface area (Å²) >= 11 is 0. The summed E-state index contributed by atoms with van der Waals surface area (Å²) in [5.74, 6) is 0.833. The van der Waals surface area contributed by atoms with Crippen molar-refractivity contribution in [3.63, 3.8) is 0 Å². The molecule has 2 atom stereocenters. The number of fused-ring (bicyclic) bond motifs is 2. The van der Waals surface area contributed by atoms with Crippen LogP contribution in [0.2, 0.25) is 0 Å². The highest BCUT2D eigenvalue weighted by Crippen LogP contribution is 2.38. The number of rotatable bonds is 7. The van der Waals surface area contributed by atoms with Gasteiger partial charge in [-0.1, -0.05) is 13.8 Å². The summed E-state index contributed by atoms with van der Waals surface area (Å²) in [7, 11) is -3.26. The third-order valence-electron chi connectivity index (χ3n) is 7.28. The molecule has 38 heavy (non-hydrogen) atoms. The van der Waals surface area contributed by atoms with Gasteiger partial charge in [0.25, 0.3) is 0 Å². The van der Waals surface area contributed by atoms with Crippen molar-refractivity contribution in [1.82, 2.24) is 19.3 Å². The Morgan fingerprint density at radius 1 is 1.21 bits per heavy atom. The number of esters is 1. The second-order valence-corrected chi connectivity index (χ2v) is 12.3. The zero-order chi connectivity index (χ0) is 27.4. The molecule has 0 spiro atoms. The first-order chi connectivity index (χ1) is 17.9. The van der Waals surface area contributed by atoms with E-state index in [0.717, 1.165) is 0 Å². The van der Waals surface area contributed by atoms with E-state index >= 15 is 0 Å². The molecule has 2 aliphatic rings. The van der Waals surface area contributed by atoms with Crippen molar-refractivity contribution in [1.29, 1.82) is 0 Å². The number of cyclic esters (lactones) is 1. The predicted octanol–water partition coefficient (Wildman–Crippen LogP) is 3.29. The highest BCUT2D eigenvalue weighted by molar-refractivity contribution is 7.88. The SMILES string of the molecule is CC[C@@H](O)c1cnc(OC2CN(S(C)(=O)=O)C2)c2cnc(Nc3ccc4c(n3)[C@@H](C)C(C)(C)OC4=O)cc12. The van der Waals surface area contributed by atoms with Gasteiger partial charge in [0, 0.05) is 23.9 Å². The van der Waals surface area contributed by atoms with E-state index in [1.165, 1.54) is 10.6 Å². The first-order valence-electron chi connectivity index (χ1n) is 12.5. The summed E-state index contributed by atoms with van der Waals surface area (Å²) < 4.78 is 36.3. The minimum absolute atomic E-state index is 0.108. The van der Waals surface area contributed by atoms with E-state index in [0.29, 0.717) is 51.5 Å². The molecule has 0 aromatic carbocycles. The smallest absolute Gasteiger partial charge is 0.340 e. The van der Waals surface area contributed by atoms with Gasteiger partial charge >= 0.3 is 5.97 Å². The molecular formula is C26H31N5O6S. The summed E-state index contributed by atoms with van der Waals surface area (Å²) in [4.78, 5) is 26.1. The Kier molecular flexibility index (Phi) is 6.52. The van der Waals surface area contributed by atoms with Gasteiger partial charge in [-0.05, 0) is 43.9 Å². The molecule has 0 unspecified atom stereocenters. The van der Waals surface area contributed by atoms with Gasteiger partial charge in [0.15, 0.2) is 0 Å². The zero-order valence-electron chi connectivity index (χ0n) is 21.9. The summed E-state index contributed by atoms with van der Waals surface area (Å²) in [5.41, 5.74) is 1.05. The first-order valence-corrected chi connectivity index (χ1v) is 14.3. The van der Waals surface area contributed by atoms with E-state index in [2.05, 4.69) is 15.3 Å². The molecule has 0 saturated carbocycles. The van der Waals surface area contributed by atoms with Gasteiger partial charge < -0.3 is 19.9 Å². The molecule has 11 nitrogen and oxygen atoms in total.